The van der Waals surface area contributed by atoms with E-state index in [9.17, 15) is 0 Å². The Bertz CT molecular complexity index is 1260. The molecular formula is C37H46. The van der Waals surface area contributed by atoms with E-state index in [0.717, 1.165) is 6.42 Å². The van der Waals surface area contributed by atoms with Crippen molar-refractivity contribution in [1.29, 1.82) is 0 Å². The minimum Gasteiger partial charge on any atom is -0.0871 e. The van der Waals surface area contributed by atoms with Gasteiger partial charge in [0, 0.05) is 0 Å². The molecule has 4 rings (SSSR count). The molecule has 1 aliphatic carbocycles. The predicted octanol–water partition coefficient (Wildman–Crippen LogP) is 11.8. The van der Waals surface area contributed by atoms with Crippen molar-refractivity contribution >= 4 is 32.7 Å². The average molecular weight is 491 g/mol. The normalized spacial score (nSPS) is 22.1. The zero-order valence-electron chi connectivity index (χ0n) is 24.3. The summed E-state index contributed by atoms with van der Waals surface area (Å²) < 4.78 is 0. The third-order valence-corrected chi connectivity index (χ3v) is 6.34. The monoisotopic (exact) mass is 490 g/mol. The summed E-state index contributed by atoms with van der Waals surface area (Å²) in [4.78, 5) is 0. The number of hydrogen-bond donors (Lipinski definition) is 0. The standard InChI is InChI=1S/C33H34.2C2H6/c1-5-14-26(6-2)32-28-17-10-12-19-30(28)33(31-20-13-11-18-29(31)32)27-16-9-7-8-15-24(3)21-22-25(4)23-27;2*1-2/h5-6,8-25H,7H2,1-4H3;2*1-2H3/b14-5-,15-8-,16-9-,22-21-,26-6+,27-23+;;. The summed E-state index contributed by atoms with van der Waals surface area (Å²) in [5.41, 5.74) is 5.20. The van der Waals surface area contributed by atoms with E-state index in [2.05, 4.69) is 137 Å². The Hall–Kier alpha value is -3.38. The summed E-state index contributed by atoms with van der Waals surface area (Å²) in [5.74, 6) is 0.813. The lowest BCUT2D eigenvalue weighted by atomic mass is 9.84. The molecule has 0 fully saturated rings. The summed E-state index contributed by atoms with van der Waals surface area (Å²) in [6.45, 7) is 16.7. The van der Waals surface area contributed by atoms with Crippen LogP contribution in [0.5, 0.6) is 0 Å². The predicted molar refractivity (Wildman–Crippen MR) is 171 cm³/mol. The van der Waals surface area contributed by atoms with Crippen molar-refractivity contribution in [2.24, 2.45) is 11.8 Å². The Kier molecular flexibility index (Phi) is 12.6. The van der Waals surface area contributed by atoms with Crippen LogP contribution in [0.2, 0.25) is 0 Å². The van der Waals surface area contributed by atoms with Crippen LogP contribution < -0.4 is 0 Å². The Morgan fingerprint density at radius 3 is 1.78 bits per heavy atom. The molecule has 2 unspecified atom stereocenters. The average Bonchev–Trinajstić information content (AvgIpc) is 2.98. The fourth-order valence-electron chi connectivity index (χ4n) is 4.80. The number of hydrogen-bond acceptors (Lipinski definition) is 0. The highest BCUT2D eigenvalue weighted by molar-refractivity contribution is 6.17. The molecule has 37 heavy (non-hydrogen) atoms. The van der Waals surface area contributed by atoms with Crippen LogP contribution in [-0.4, -0.2) is 0 Å². The fourth-order valence-corrected chi connectivity index (χ4v) is 4.80. The molecule has 0 amide bonds. The van der Waals surface area contributed by atoms with Crippen LogP contribution >= 0.6 is 0 Å². The third kappa shape index (κ3) is 7.32. The molecule has 0 aliphatic heterocycles. The van der Waals surface area contributed by atoms with Crippen LogP contribution in [0.1, 0.15) is 72.9 Å². The van der Waals surface area contributed by atoms with Crippen LogP contribution in [0.25, 0.3) is 32.7 Å². The van der Waals surface area contributed by atoms with Gasteiger partial charge < -0.3 is 0 Å². The van der Waals surface area contributed by atoms with Crippen molar-refractivity contribution in [3.8, 4) is 0 Å². The molecule has 0 bridgehead atoms. The molecule has 3 aromatic carbocycles. The van der Waals surface area contributed by atoms with Crippen LogP contribution in [0.15, 0.2) is 109 Å². The second-order valence-corrected chi connectivity index (χ2v) is 8.88. The lowest BCUT2D eigenvalue weighted by molar-refractivity contribution is 0.882. The van der Waals surface area contributed by atoms with E-state index in [-0.39, 0.29) is 0 Å². The van der Waals surface area contributed by atoms with Gasteiger partial charge in [0.15, 0.2) is 0 Å². The zero-order valence-corrected chi connectivity index (χ0v) is 24.3. The van der Waals surface area contributed by atoms with Crippen LogP contribution in [0.4, 0.5) is 0 Å². The fraction of sp³-hybridized carbons (Fsp3) is 0.297. The van der Waals surface area contributed by atoms with Crippen LogP contribution in [0, 0.1) is 11.8 Å². The van der Waals surface area contributed by atoms with Gasteiger partial charge in [-0.1, -0.05) is 151 Å². The summed E-state index contributed by atoms with van der Waals surface area (Å²) >= 11 is 0. The second kappa shape index (κ2) is 15.7. The Balaban J connectivity index is 0.00000115. The first-order valence-corrected chi connectivity index (χ1v) is 14.1. The molecule has 0 heterocycles. The summed E-state index contributed by atoms with van der Waals surface area (Å²) in [5, 5.41) is 5.22. The molecule has 0 N–H and O–H groups in total. The van der Waals surface area contributed by atoms with Gasteiger partial charge >= 0.3 is 0 Å². The van der Waals surface area contributed by atoms with Crippen LogP contribution in [0.3, 0.4) is 0 Å². The molecule has 0 saturated heterocycles. The SMILES string of the molecule is C/C=C\C(=C/C)c1c2ccccc2c(C2=C/C(C)/C=C\C(C)/C=C\C/C=C\2)c2ccccc12.CC.CC. The van der Waals surface area contributed by atoms with Gasteiger partial charge in [-0.2, -0.15) is 0 Å². The first-order valence-electron chi connectivity index (χ1n) is 14.1. The quantitative estimate of drug-likeness (QED) is 0.194. The second-order valence-electron chi connectivity index (χ2n) is 8.88. The highest BCUT2D eigenvalue weighted by Gasteiger charge is 2.17. The molecule has 0 saturated carbocycles. The largest absolute Gasteiger partial charge is 0.0871 e. The number of benzene rings is 3. The Labute approximate surface area is 226 Å². The van der Waals surface area contributed by atoms with Gasteiger partial charge in [0.05, 0.1) is 0 Å². The molecule has 194 valence electrons. The number of allylic oxidation sites excluding steroid dienone is 12. The third-order valence-electron chi connectivity index (χ3n) is 6.34. The molecule has 2 atom stereocenters. The van der Waals surface area contributed by atoms with Crippen molar-refractivity contribution in [1.82, 2.24) is 0 Å². The molecule has 1 aliphatic rings. The molecule has 0 radical (unpaired) electrons. The maximum absolute atomic E-state index is 2.42. The summed E-state index contributed by atoms with van der Waals surface area (Å²) in [7, 11) is 0. The van der Waals surface area contributed by atoms with Crippen molar-refractivity contribution in [3.05, 3.63) is 120 Å². The minimum atomic E-state index is 0.352. The number of rotatable bonds is 3. The van der Waals surface area contributed by atoms with Crippen molar-refractivity contribution in [2.45, 2.75) is 61.8 Å². The smallest absolute Gasteiger partial charge is 0.00295 e. The molecule has 0 spiro atoms. The first-order chi connectivity index (χ1) is 18.1. The zero-order chi connectivity index (χ0) is 27.2. The molecular weight excluding hydrogens is 444 g/mol. The maximum Gasteiger partial charge on any atom is -0.00295 e. The topological polar surface area (TPSA) is 0 Å². The van der Waals surface area contributed by atoms with E-state index in [0.29, 0.717) is 11.8 Å². The lowest BCUT2D eigenvalue weighted by Crippen LogP contribution is -1.96. The van der Waals surface area contributed by atoms with Gasteiger partial charge in [-0.05, 0) is 75.9 Å². The van der Waals surface area contributed by atoms with E-state index < -0.39 is 0 Å². The Morgan fingerprint density at radius 2 is 1.24 bits per heavy atom. The maximum atomic E-state index is 2.42. The van der Waals surface area contributed by atoms with E-state index >= 15 is 0 Å². The van der Waals surface area contributed by atoms with Crippen molar-refractivity contribution < 1.29 is 0 Å². The first kappa shape index (κ1) is 29.8. The summed E-state index contributed by atoms with van der Waals surface area (Å²) in [6.07, 6.45) is 23.8. The molecule has 0 aromatic heterocycles. The highest BCUT2D eigenvalue weighted by atomic mass is 14.2. The van der Waals surface area contributed by atoms with Gasteiger partial charge in [-0.15, -0.1) is 0 Å². The Morgan fingerprint density at radius 1 is 0.703 bits per heavy atom. The van der Waals surface area contributed by atoms with Gasteiger partial charge in [0.1, 0.15) is 0 Å². The van der Waals surface area contributed by atoms with Crippen molar-refractivity contribution in [3.63, 3.8) is 0 Å². The molecule has 3 aromatic rings. The van der Waals surface area contributed by atoms with E-state index in [1.165, 1.54) is 43.8 Å². The van der Waals surface area contributed by atoms with E-state index in [1.807, 2.05) is 27.7 Å². The summed E-state index contributed by atoms with van der Waals surface area (Å²) in [6, 6.07) is 17.8. The highest BCUT2D eigenvalue weighted by Crippen LogP contribution is 2.41. The number of fused-ring (bicyclic) bond motifs is 2. The van der Waals surface area contributed by atoms with Crippen LogP contribution in [-0.2, 0) is 0 Å². The van der Waals surface area contributed by atoms with Gasteiger partial charge in [-0.3, -0.25) is 0 Å². The van der Waals surface area contributed by atoms with Crippen molar-refractivity contribution in [2.75, 3.05) is 0 Å². The van der Waals surface area contributed by atoms with Gasteiger partial charge in [0.2, 0.25) is 0 Å². The molecule has 0 heteroatoms. The minimum absolute atomic E-state index is 0.352. The van der Waals surface area contributed by atoms with E-state index in [1.54, 1.807) is 0 Å². The van der Waals surface area contributed by atoms with Gasteiger partial charge in [-0.25, -0.2) is 0 Å². The van der Waals surface area contributed by atoms with E-state index in [4.69, 9.17) is 0 Å². The molecule has 0 nitrogen and oxygen atoms in total. The lowest BCUT2D eigenvalue weighted by Gasteiger charge is -2.19. The van der Waals surface area contributed by atoms with Gasteiger partial charge in [0.25, 0.3) is 0 Å².